The standard InChI is InChI=1S/C18H21NO/c1-4-10-20-17-7-5-6-16(12-17)13-19-18-11-14(2)8-9-15(18)3/h4-9,11-12,19H,1,10,13H2,2-3H3. The average molecular weight is 267 g/mol. The number of aryl methyl sites for hydroxylation is 2. The van der Waals surface area contributed by atoms with Gasteiger partial charge >= 0.3 is 0 Å². The maximum Gasteiger partial charge on any atom is 0.120 e. The number of ether oxygens (including phenoxy) is 1. The molecular weight excluding hydrogens is 246 g/mol. The smallest absolute Gasteiger partial charge is 0.120 e. The van der Waals surface area contributed by atoms with Gasteiger partial charge in [-0.15, -0.1) is 0 Å². The minimum atomic E-state index is 0.536. The number of hydrogen-bond donors (Lipinski definition) is 1. The Morgan fingerprint density at radius 1 is 1.15 bits per heavy atom. The molecular formula is C18H21NO. The normalized spacial score (nSPS) is 10.1. The van der Waals surface area contributed by atoms with Gasteiger partial charge in [-0.05, 0) is 48.7 Å². The van der Waals surface area contributed by atoms with Gasteiger partial charge in [0, 0.05) is 12.2 Å². The van der Waals surface area contributed by atoms with Crippen molar-refractivity contribution in [2.75, 3.05) is 11.9 Å². The molecule has 0 saturated heterocycles. The lowest BCUT2D eigenvalue weighted by atomic mass is 10.1. The maximum absolute atomic E-state index is 5.54. The zero-order valence-corrected chi connectivity index (χ0v) is 12.1. The van der Waals surface area contributed by atoms with Crippen LogP contribution in [0.3, 0.4) is 0 Å². The molecule has 0 aromatic heterocycles. The highest BCUT2D eigenvalue weighted by atomic mass is 16.5. The minimum absolute atomic E-state index is 0.536. The molecule has 2 heteroatoms. The summed E-state index contributed by atoms with van der Waals surface area (Å²) in [6.07, 6.45) is 1.75. The van der Waals surface area contributed by atoms with Crippen molar-refractivity contribution < 1.29 is 4.74 Å². The molecule has 0 bridgehead atoms. The lowest BCUT2D eigenvalue weighted by Gasteiger charge is -2.11. The summed E-state index contributed by atoms with van der Waals surface area (Å²) in [5.74, 6) is 0.880. The molecule has 104 valence electrons. The number of benzene rings is 2. The lowest BCUT2D eigenvalue weighted by molar-refractivity contribution is 0.363. The minimum Gasteiger partial charge on any atom is -0.490 e. The van der Waals surface area contributed by atoms with Crippen LogP contribution < -0.4 is 10.1 Å². The van der Waals surface area contributed by atoms with E-state index >= 15 is 0 Å². The molecule has 0 radical (unpaired) electrons. The van der Waals surface area contributed by atoms with Crippen LogP contribution in [-0.4, -0.2) is 6.61 Å². The van der Waals surface area contributed by atoms with Crippen LogP contribution >= 0.6 is 0 Å². The molecule has 0 aliphatic rings. The number of nitrogens with one attached hydrogen (secondary N) is 1. The summed E-state index contributed by atoms with van der Waals surface area (Å²) < 4.78 is 5.54. The van der Waals surface area contributed by atoms with Gasteiger partial charge in [0.1, 0.15) is 12.4 Å². The van der Waals surface area contributed by atoms with E-state index in [0.29, 0.717) is 6.61 Å². The van der Waals surface area contributed by atoms with Gasteiger partial charge in [0.25, 0.3) is 0 Å². The Hall–Kier alpha value is -2.22. The summed E-state index contributed by atoms with van der Waals surface area (Å²) in [6.45, 7) is 9.20. The molecule has 0 amide bonds. The molecule has 20 heavy (non-hydrogen) atoms. The fourth-order valence-corrected chi connectivity index (χ4v) is 2.02. The highest BCUT2D eigenvalue weighted by Crippen LogP contribution is 2.19. The molecule has 0 aliphatic heterocycles. The van der Waals surface area contributed by atoms with E-state index in [-0.39, 0.29) is 0 Å². The van der Waals surface area contributed by atoms with Crippen LogP contribution in [0.5, 0.6) is 5.75 Å². The number of rotatable bonds is 6. The van der Waals surface area contributed by atoms with Gasteiger partial charge in [-0.2, -0.15) is 0 Å². The van der Waals surface area contributed by atoms with E-state index in [0.717, 1.165) is 12.3 Å². The van der Waals surface area contributed by atoms with Gasteiger partial charge in [0.2, 0.25) is 0 Å². The van der Waals surface area contributed by atoms with Gasteiger partial charge in [-0.3, -0.25) is 0 Å². The van der Waals surface area contributed by atoms with Crippen molar-refractivity contribution in [3.63, 3.8) is 0 Å². The van der Waals surface area contributed by atoms with Gasteiger partial charge in [-0.1, -0.05) is 36.9 Å². The number of hydrogen-bond acceptors (Lipinski definition) is 2. The van der Waals surface area contributed by atoms with Crippen LogP contribution in [0.1, 0.15) is 16.7 Å². The van der Waals surface area contributed by atoms with Crippen molar-refractivity contribution in [1.29, 1.82) is 0 Å². The van der Waals surface area contributed by atoms with Crippen molar-refractivity contribution in [2.45, 2.75) is 20.4 Å². The van der Waals surface area contributed by atoms with Crippen molar-refractivity contribution in [3.05, 3.63) is 71.8 Å². The highest BCUT2D eigenvalue weighted by molar-refractivity contribution is 5.52. The Balaban J connectivity index is 2.03. The first-order valence-electron chi connectivity index (χ1n) is 6.83. The largest absolute Gasteiger partial charge is 0.490 e. The molecule has 0 spiro atoms. The maximum atomic E-state index is 5.54. The van der Waals surface area contributed by atoms with E-state index in [4.69, 9.17) is 4.74 Å². The van der Waals surface area contributed by atoms with Crippen LogP contribution in [0.25, 0.3) is 0 Å². The van der Waals surface area contributed by atoms with Gasteiger partial charge < -0.3 is 10.1 Å². The fraction of sp³-hybridized carbons (Fsp3) is 0.222. The topological polar surface area (TPSA) is 21.3 Å². The SMILES string of the molecule is C=CCOc1cccc(CNc2cc(C)ccc2C)c1. The molecule has 0 aliphatic carbocycles. The lowest BCUT2D eigenvalue weighted by Crippen LogP contribution is -2.02. The predicted octanol–water partition coefficient (Wildman–Crippen LogP) is 4.48. The third-order valence-corrected chi connectivity index (χ3v) is 3.14. The first-order valence-corrected chi connectivity index (χ1v) is 6.83. The van der Waals surface area contributed by atoms with Crippen LogP contribution in [-0.2, 0) is 6.54 Å². The summed E-state index contributed by atoms with van der Waals surface area (Å²) in [7, 11) is 0. The molecule has 2 rings (SSSR count). The fourth-order valence-electron chi connectivity index (χ4n) is 2.02. The first-order chi connectivity index (χ1) is 9.69. The van der Waals surface area contributed by atoms with E-state index in [1.807, 2.05) is 12.1 Å². The Labute approximate surface area is 121 Å². The van der Waals surface area contributed by atoms with Crippen molar-refractivity contribution in [3.8, 4) is 5.75 Å². The van der Waals surface area contributed by atoms with Crippen molar-refractivity contribution in [1.82, 2.24) is 0 Å². The van der Waals surface area contributed by atoms with Crippen molar-refractivity contribution >= 4 is 5.69 Å². The molecule has 0 fully saturated rings. The predicted molar refractivity (Wildman–Crippen MR) is 85.4 cm³/mol. The highest BCUT2D eigenvalue weighted by Gasteiger charge is 2.00. The molecule has 2 aromatic carbocycles. The second-order valence-electron chi connectivity index (χ2n) is 4.92. The Kier molecular flexibility index (Phi) is 4.83. The molecule has 1 N–H and O–H groups in total. The molecule has 0 atom stereocenters. The zero-order valence-electron chi connectivity index (χ0n) is 12.1. The Bertz CT molecular complexity index is 590. The number of anilines is 1. The Morgan fingerprint density at radius 3 is 2.80 bits per heavy atom. The average Bonchev–Trinajstić information content (AvgIpc) is 2.46. The first kappa shape index (κ1) is 14.2. The van der Waals surface area contributed by atoms with Gasteiger partial charge in [-0.25, -0.2) is 0 Å². The van der Waals surface area contributed by atoms with Crippen LogP contribution in [0.15, 0.2) is 55.1 Å². The quantitative estimate of drug-likeness (QED) is 0.779. The molecule has 2 nitrogen and oxygen atoms in total. The second-order valence-corrected chi connectivity index (χ2v) is 4.92. The third-order valence-electron chi connectivity index (χ3n) is 3.14. The summed E-state index contributed by atoms with van der Waals surface area (Å²) in [6, 6.07) is 14.6. The summed E-state index contributed by atoms with van der Waals surface area (Å²) in [5.41, 5.74) is 4.91. The molecule has 0 heterocycles. The third kappa shape index (κ3) is 3.89. The van der Waals surface area contributed by atoms with E-state index in [2.05, 4.69) is 56.1 Å². The van der Waals surface area contributed by atoms with E-state index in [1.165, 1.54) is 22.4 Å². The van der Waals surface area contributed by atoms with Gasteiger partial charge in [0.15, 0.2) is 0 Å². The van der Waals surface area contributed by atoms with Crippen LogP contribution in [0.2, 0.25) is 0 Å². The molecule has 0 unspecified atom stereocenters. The summed E-state index contributed by atoms with van der Waals surface area (Å²) >= 11 is 0. The summed E-state index contributed by atoms with van der Waals surface area (Å²) in [5, 5.41) is 3.48. The summed E-state index contributed by atoms with van der Waals surface area (Å²) in [4.78, 5) is 0. The zero-order chi connectivity index (χ0) is 14.4. The van der Waals surface area contributed by atoms with E-state index < -0.39 is 0 Å². The van der Waals surface area contributed by atoms with E-state index in [9.17, 15) is 0 Å². The van der Waals surface area contributed by atoms with Crippen molar-refractivity contribution in [2.24, 2.45) is 0 Å². The molecule has 2 aromatic rings. The van der Waals surface area contributed by atoms with Crippen LogP contribution in [0, 0.1) is 13.8 Å². The second kappa shape index (κ2) is 6.80. The Morgan fingerprint density at radius 2 is 2.00 bits per heavy atom. The monoisotopic (exact) mass is 267 g/mol. The van der Waals surface area contributed by atoms with E-state index in [1.54, 1.807) is 6.08 Å². The van der Waals surface area contributed by atoms with Gasteiger partial charge in [0.05, 0.1) is 0 Å². The van der Waals surface area contributed by atoms with Crippen LogP contribution in [0.4, 0.5) is 5.69 Å². The molecule has 0 saturated carbocycles.